The number of carbonyl (C=O) groups is 1. The number of amides is 1. The van der Waals surface area contributed by atoms with Gasteiger partial charge in [-0.25, -0.2) is 0 Å². The third-order valence-electron chi connectivity index (χ3n) is 4.84. The molecule has 2 aromatic rings. The maximum atomic E-state index is 12.6. The number of halogens is 1. The summed E-state index contributed by atoms with van der Waals surface area (Å²) < 4.78 is 0. The molecule has 1 saturated heterocycles. The monoisotopic (exact) mass is 410 g/mol. The Kier molecular flexibility index (Phi) is 7.69. The zero-order valence-electron chi connectivity index (χ0n) is 16.8. The van der Waals surface area contributed by atoms with Crippen LogP contribution in [0.5, 0.6) is 0 Å². The van der Waals surface area contributed by atoms with Crippen LogP contribution in [0.1, 0.15) is 46.8 Å². The van der Waals surface area contributed by atoms with Gasteiger partial charge >= 0.3 is 0 Å². The largest absolute Gasteiger partial charge is 0.384 e. The van der Waals surface area contributed by atoms with Crippen LogP contribution in [0.25, 0.3) is 0 Å². The molecule has 1 aliphatic rings. The van der Waals surface area contributed by atoms with Crippen molar-refractivity contribution in [2.45, 2.75) is 32.7 Å². The fourth-order valence-electron chi connectivity index (χ4n) is 3.33. The average molecular weight is 411 g/mol. The van der Waals surface area contributed by atoms with Crippen LogP contribution in [0.2, 0.25) is 0 Å². The van der Waals surface area contributed by atoms with Crippen molar-refractivity contribution in [1.82, 2.24) is 4.90 Å². The van der Waals surface area contributed by atoms with E-state index in [0.29, 0.717) is 5.56 Å². The summed E-state index contributed by atoms with van der Waals surface area (Å²) in [5.74, 6) is 6.52. The van der Waals surface area contributed by atoms with Crippen LogP contribution >= 0.6 is 12.4 Å². The third kappa shape index (κ3) is 5.75. The number of hydrogen-bond acceptors (Lipinski definition) is 3. The highest BCUT2D eigenvalue weighted by atomic mass is 35.5. The van der Waals surface area contributed by atoms with Gasteiger partial charge in [-0.05, 0) is 62.6 Å². The Morgan fingerprint density at radius 2 is 1.93 bits per heavy atom. The van der Waals surface area contributed by atoms with Gasteiger partial charge in [0.15, 0.2) is 0 Å². The number of nitrogen functional groups attached to an aromatic ring is 1. The molecule has 0 bridgehead atoms. The van der Waals surface area contributed by atoms with E-state index in [0.717, 1.165) is 48.3 Å². The van der Waals surface area contributed by atoms with Gasteiger partial charge in [0.25, 0.3) is 5.91 Å². The third-order valence-corrected chi connectivity index (χ3v) is 4.84. The van der Waals surface area contributed by atoms with Crippen molar-refractivity contribution >= 4 is 29.8 Å². The minimum Gasteiger partial charge on any atom is -0.384 e. The molecular weight excluding hydrogens is 384 g/mol. The molecule has 1 unspecified atom stereocenters. The predicted molar refractivity (Wildman–Crippen MR) is 121 cm³/mol. The van der Waals surface area contributed by atoms with Crippen molar-refractivity contribution in [3.63, 3.8) is 0 Å². The number of benzene rings is 2. The van der Waals surface area contributed by atoms with Gasteiger partial charge in [0.05, 0.1) is 6.04 Å². The maximum absolute atomic E-state index is 12.6. The second-order valence-electron chi connectivity index (χ2n) is 7.16. The first-order valence-electron chi connectivity index (χ1n) is 9.56. The summed E-state index contributed by atoms with van der Waals surface area (Å²) in [4.78, 5) is 14.5. The van der Waals surface area contributed by atoms with E-state index >= 15 is 0 Å². The van der Waals surface area contributed by atoms with E-state index in [9.17, 15) is 4.79 Å². The van der Waals surface area contributed by atoms with Gasteiger partial charge in [-0.2, -0.15) is 0 Å². The van der Waals surface area contributed by atoms with Crippen molar-refractivity contribution in [3.05, 3.63) is 64.7 Å². The molecule has 1 aliphatic heterocycles. The van der Waals surface area contributed by atoms with E-state index in [4.69, 9.17) is 11.1 Å². The van der Waals surface area contributed by atoms with Gasteiger partial charge in [-0.15, -0.1) is 12.4 Å². The molecule has 0 radical (unpaired) electrons. The highest BCUT2D eigenvalue weighted by Crippen LogP contribution is 2.17. The Balaban J connectivity index is 0.00000300. The van der Waals surface area contributed by atoms with Gasteiger partial charge in [0.1, 0.15) is 5.84 Å². The lowest BCUT2D eigenvalue weighted by molar-refractivity contribution is 0.0792. The van der Waals surface area contributed by atoms with Gasteiger partial charge in [-0.3, -0.25) is 10.2 Å². The van der Waals surface area contributed by atoms with E-state index in [1.165, 1.54) is 0 Å². The number of carbonyl (C=O) groups excluding carboxylic acids is 1. The molecule has 1 fully saturated rings. The number of aryl methyl sites for hydroxylation is 1. The Morgan fingerprint density at radius 1 is 1.21 bits per heavy atom. The second kappa shape index (κ2) is 9.99. The minimum absolute atomic E-state index is 0. The predicted octanol–water partition coefficient (Wildman–Crippen LogP) is 3.79. The number of nitrogens with one attached hydrogen (secondary N) is 2. The van der Waals surface area contributed by atoms with Gasteiger partial charge in [0.2, 0.25) is 0 Å². The first-order valence-corrected chi connectivity index (χ1v) is 9.56. The van der Waals surface area contributed by atoms with E-state index in [2.05, 4.69) is 17.2 Å². The summed E-state index contributed by atoms with van der Waals surface area (Å²) in [5.41, 5.74) is 9.70. The molecule has 0 aliphatic carbocycles. The maximum Gasteiger partial charge on any atom is 0.254 e. The Bertz CT molecular complexity index is 955. The van der Waals surface area contributed by atoms with Crippen molar-refractivity contribution in [1.29, 1.82) is 5.41 Å². The zero-order valence-corrected chi connectivity index (χ0v) is 17.6. The summed E-state index contributed by atoms with van der Waals surface area (Å²) in [7, 11) is 0. The molecule has 1 amide bonds. The molecule has 1 atom stereocenters. The smallest absolute Gasteiger partial charge is 0.254 e. The number of rotatable bonds is 4. The molecule has 0 saturated carbocycles. The lowest BCUT2D eigenvalue weighted by atomic mass is 10.0. The molecule has 0 aromatic heterocycles. The van der Waals surface area contributed by atoms with Crippen LogP contribution in [-0.2, 0) is 0 Å². The van der Waals surface area contributed by atoms with Gasteiger partial charge in [0, 0.05) is 35.5 Å². The van der Waals surface area contributed by atoms with Crippen molar-refractivity contribution in [3.8, 4) is 11.8 Å². The SMILES string of the molecule is Cc1cc(C#CC(C)Nc2cccc(C(=N)N)c2)ccc1C(=O)N1CCCC1.Cl. The second-order valence-corrected chi connectivity index (χ2v) is 7.16. The lowest BCUT2D eigenvalue weighted by Gasteiger charge is -2.16. The number of hydrogen-bond donors (Lipinski definition) is 3. The van der Waals surface area contributed by atoms with Crippen LogP contribution in [0.15, 0.2) is 42.5 Å². The Labute approximate surface area is 178 Å². The summed E-state index contributed by atoms with van der Waals surface area (Å²) in [6, 6.07) is 13.1. The Hall–Kier alpha value is -2.97. The van der Waals surface area contributed by atoms with Crippen LogP contribution < -0.4 is 11.1 Å². The van der Waals surface area contributed by atoms with Crippen LogP contribution in [0.4, 0.5) is 5.69 Å². The van der Waals surface area contributed by atoms with Crippen LogP contribution in [0.3, 0.4) is 0 Å². The van der Waals surface area contributed by atoms with Crippen molar-refractivity contribution in [2.75, 3.05) is 18.4 Å². The lowest BCUT2D eigenvalue weighted by Crippen LogP contribution is -2.28. The number of likely N-dealkylation sites (tertiary alicyclic amines) is 1. The van der Waals surface area contributed by atoms with E-state index < -0.39 is 0 Å². The topological polar surface area (TPSA) is 82.2 Å². The number of nitrogens with two attached hydrogens (primary N) is 1. The Morgan fingerprint density at radius 3 is 2.59 bits per heavy atom. The van der Waals surface area contributed by atoms with Gasteiger partial charge in [-0.1, -0.05) is 24.0 Å². The van der Waals surface area contributed by atoms with Crippen LogP contribution in [0, 0.1) is 24.2 Å². The molecule has 152 valence electrons. The number of amidine groups is 1. The fraction of sp³-hybridized carbons (Fsp3) is 0.304. The minimum atomic E-state index is -0.0755. The first kappa shape index (κ1) is 22.3. The highest BCUT2D eigenvalue weighted by Gasteiger charge is 2.20. The standard InChI is InChI=1S/C23H26N4O.ClH/c1-16-14-18(10-11-21(16)23(28)27-12-3-4-13-27)9-8-17(2)26-20-7-5-6-19(15-20)22(24)25;/h5-7,10-11,14-15,17,26H,3-4,12-13H2,1-2H3,(H3,24,25);1H. The zero-order chi connectivity index (χ0) is 20.1. The highest BCUT2D eigenvalue weighted by molar-refractivity contribution is 5.96. The molecule has 6 heteroatoms. The molecular formula is C23H27ClN4O. The number of anilines is 1. The normalized spacial score (nSPS) is 13.7. The summed E-state index contributed by atoms with van der Waals surface area (Å²) in [6.07, 6.45) is 2.18. The molecule has 5 nitrogen and oxygen atoms in total. The molecule has 3 rings (SSSR count). The van der Waals surface area contributed by atoms with Crippen LogP contribution in [-0.4, -0.2) is 35.8 Å². The average Bonchev–Trinajstić information content (AvgIpc) is 3.21. The van der Waals surface area contributed by atoms with Crippen molar-refractivity contribution < 1.29 is 4.79 Å². The quantitative estimate of drug-likeness (QED) is 0.407. The molecule has 1 heterocycles. The molecule has 4 N–H and O–H groups in total. The van der Waals surface area contributed by atoms with E-state index in [1.54, 1.807) is 6.07 Å². The summed E-state index contributed by atoms with van der Waals surface area (Å²) in [6.45, 7) is 5.65. The summed E-state index contributed by atoms with van der Waals surface area (Å²) in [5, 5.41) is 10.8. The van der Waals surface area contributed by atoms with E-state index in [-0.39, 0.29) is 30.2 Å². The fourth-order valence-corrected chi connectivity index (χ4v) is 3.33. The summed E-state index contributed by atoms with van der Waals surface area (Å²) >= 11 is 0. The van der Waals surface area contributed by atoms with Gasteiger partial charge < -0.3 is 16.0 Å². The molecule has 29 heavy (non-hydrogen) atoms. The van der Waals surface area contributed by atoms with E-state index in [1.807, 2.05) is 55.1 Å². The van der Waals surface area contributed by atoms with Crippen molar-refractivity contribution in [2.24, 2.45) is 5.73 Å². The molecule has 2 aromatic carbocycles. The number of nitrogens with zero attached hydrogens (tertiary/aromatic N) is 1. The molecule has 0 spiro atoms. The first-order chi connectivity index (χ1) is 13.4.